The summed E-state index contributed by atoms with van der Waals surface area (Å²) in [5.74, 6) is 0. The van der Waals surface area contributed by atoms with Gasteiger partial charge in [0, 0.05) is 0 Å². The van der Waals surface area contributed by atoms with Crippen LogP contribution in [0.15, 0.2) is 115 Å². The molecule has 6 aromatic carbocycles. The molecule has 1 aliphatic heterocycles. The summed E-state index contributed by atoms with van der Waals surface area (Å²) in [6.07, 6.45) is 0. The van der Waals surface area contributed by atoms with Gasteiger partial charge in [0.1, 0.15) is 0 Å². The van der Waals surface area contributed by atoms with Crippen molar-refractivity contribution in [1.29, 1.82) is 0 Å². The molecular weight excluding hydrogens is 475 g/mol. The molecule has 39 heavy (non-hydrogen) atoms. The van der Waals surface area contributed by atoms with Gasteiger partial charge in [-0.2, -0.15) is 0 Å². The minimum Gasteiger partial charge on any atom is -0.399 e. The van der Waals surface area contributed by atoms with E-state index < -0.39 is 0 Å². The average molecular weight is 506 g/mol. The number of fused-ring (bicyclic) bond motifs is 3. The van der Waals surface area contributed by atoms with Gasteiger partial charge in [-0.25, -0.2) is 0 Å². The SMILES string of the molecule is CC1(C)OB(c2ccc3cc(-c4ccc(-c5ccc6ccccc6c5)c5ccccc45)ccc3c2)OC1(C)C. The molecule has 7 rings (SSSR count). The Kier molecular flexibility index (Phi) is 5.45. The Labute approximate surface area is 230 Å². The fourth-order valence-corrected chi connectivity index (χ4v) is 5.72. The lowest BCUT2D eigenvalue weighted by Crippen LogP contribution is -2.41. The molecule has 0 unspecified atom stereocenters. The summed E-state index contributed by atoms with van der Waals surface area (Å²) in [6.45, 7) is 8.37. The van der Waals surface area contributed by atoms with Crippen LogP contribution >= 0.6 is 0 Å². The highest BCUT2D eigenvalue weighted by Crippen LogP contribution is 2.38. The first kappa shape index (κ1) is 24.1. The van der Waals surface area contributed by atoms with E-state index in [0.717, 1.165) is 5.46 Å². The van der Waals surface area contributed by atoms with Gasteiger partial charge in [-0.15, -0.1) is 0 Å². The van der Waals surface area contributed by atoms with Crippen molar-refractivity contribution in [3.05, 3.63) is 115 Å². The molecule has 0 amide bonds. The molecule has 0 saturated carbocycles. The second kappa shape index (κ2) is 8.81. The Balaban J connectivity index is 1.28. The third-order valence-corrected chi connectivity index (χ3v) is 8.69. The molecule has 0 aromatic heterocycles. The maximum atomic E-state index is 6.29. The van der Waals surface area contributed by atoms with Crippen LogP contribution in [-0.4, -0.2) is 18.3 Å². The highest BCUT2D eigenvalue weighted by molar-refractivity contribution is 6.62. The fraction of sp³-hybridized carbons (Fsp3) is 0.167. The summed E-state index contributed by atoms with van der Waals surface area (Å²) in [6, 6.07) is 41.8. The zero-order valence-corrected chi connectivity index (χ0v) is 22.9. The number of benzene rings is 6. The van der Waals surface area contributed by atoms with Crippen molar-refractivity contribution >= 4 is 44.9 Å². The van der Waals surface area contributed by atoms with Crippen LogP contribution in [0.2, 0.25) is 0 Å². The highest BCUT2D eigenvalue weighted by Gasteiger charge is 2.51. The number of rotatable bonds is 3. The third kappa shape index (κ3) is 4.05. The molecule has 0 N–H and O–H groups in total. The van der Waals surface area contributed by atoms with Crippen LogP contribution in [0.1, 0.15) is 27.7 Å². The van der Waals surface area contributed by atoms with Gasteiger partial charge in [-0.1, -0.05) is 103 Å². The van der Waals surface area contributed by atoms with Gasteiger partial charge in [-0.3, -0.25) is 0 Å². The van der Waals surface area contributed by atoms with E-state index in [1.165, 1.54) is 54.6 Å². The van der Waals surface area contributed by atoms with Crippen molar-refractivity contribution in [2.75, 3.05) is 0 Å². The van der Waals surface area contributed by atoms with E-state index >= 15 is 0 Å². The normalized spacial score (nSPS) is 16.4. The van der Waals surface area contributed by atoms with E-state index in [1.54, 1.807) is 0 Å². The lowest BCUT2D eigenvalue weighted by molar-refractivity contribution is 0.00578. The van der Waals surface area contributed by atoms with Gasteiger partial charge in [0.25, 0.3) is 0 Å². The van der Waals surface area contributed by atoms with Crippen molar-refractivity contribution in [2.45, 2.75) is 38.9 Å². The van der Waals surface area contributed by atoms with Crippen molar-refractivity contribution in [3.63, 3.8) is 0 Å². The second-order valence-electron chi connectivity index (χ2n) is 11.7. The first-order chi connectivity index (χ1) is 18.8. The zero-order valence-electron chi connectivity index (χ0n) is 22.9. The average Bonchev–Trinajstić information content (AvgIpc) is 3.18. The summed E-state index contributed by atoms with van der Waals surface area (Å²) in [7, 11) is -0.356. The monoisotopic (exact) mass is 506 g/mol. The van der Waals surface area contributed by atoms with Gasteiger partial charge < -0.3 is 9.31 Å². The van der Waals surface area contributed by atoms with Gasteiger partial charge in [-0.05, 0) is 99.9 Å². The third-order valence-electron chi connectivity index (χ3n) is 8.69. The highest BCUT2D eigenvalue weighted by atomic mass is 16.7. The summed E-state index contributed by atoms with van der Waals surface area (Å²) in [5.41, 5.74) is 5.31. The van der Waals surface area contributed by atoms with E-state index in [9.17, 15) is 0 Å². The molecule has 2 nitrogen and oxygen atoms in total. The Hall–Kier alpha value is -3.92. The maximum Gasteiger partial charge on any atom is 0.494 e. The van der Waals surface area contributed by atoms with E-state index in [-0.39, 0.29) is 18.3 Å². The predicted octanol–water partition coefficient (Wildman–Crippen LogP) is 8.78. The van der Waals surface area contributed by atoms with Crippen LogP contribution in [0.5, 0.6) is 0 Å². The minimum absolute atomic E-state index is 0.351. The van der Waals surface area contributed by atoms with Gasteiger partial charge in [0.2, 0.25) is 0 Å². The molecule has 3 heteroatoms. The molecule has 190 valence electrons. The molecular formula is C36H31BO2. The van der Waals surface area contributed by atoms with E-state index in [0.29, 0.717) is 0 Å². The van der Waals surface area contributed by atoms with Crippen molar-refractivity contribution in [2.24, 2.45) is 0 Å². The van der Waals surface area contributed by atoms with E-state index in [4.69, 9.17) is 9.31 Å². The van der Waals surface area contributed by atoms with Crippen LogP contribution in [0.4, 0.5) is 0 Å². The molecule has 0 radical (unpaired) electrons. The van der Waals surface area contributed by atoms with Gasteiger partial charge in [0.05, 0.1) is 11.2 Å². The molecule has 0 aliphatic carbocycles. The van der Waals surface area contributed by atoms with Gasteiger partial charge >= 0.3 is 7.12 Å². The Morgan fingerprint density at radius 3 is 1.54 bits per heavy atom. The van der Waals surface area contributed by atoms with Crippen LogP contribution in [0.25, 0.3) is 54.6 Å². The van der Waals surface area contributed by atoms with Crippen LogP contribution in [0, 0.1) is 0 Å². The first-order valence-corrected chi connectivity index (χ1v) is 13.7. The number of hydrogen-bond donors (Lipinski definition) is 0. The quantitative estimate of drug-likeness (QED) is 0.223. The summed E-state index contributed by atoms with van der Waals surface area (Å²) in [5, 5.41) is 7.44. The maximum absolute atomic E-state index is 6.29. The van der Waals surface area contributed by atoms with Crippen molar-refractivity contribution < 1.29 is 9.31 Å². The van der Waals surface area contributed by atoms with Crippen LogP contribution in [0.3, 0.4) is 0 Å². The topological polar surface area (TPSA) is 18.5 Å². The summed E-state index contributed by atoms with van der Waals surface area (Å²) < 4.78 is 12.6. The number of hydrogen-bond acceptors (Lipinski definition) is 2. The minimum atomic E-state index is -0.356. The van der Waals surface area contributed by atoms with E-state index in [2.05, 4.69) is 143 Å². The molecule has 0 bridgehead atoms. The van der Waals surface area contributed by atoms with Crippen molar-refractivity contribution in [1.82, 2.24) is 0 Å². The molecule has 0 spiro atoms. The van der Waals surface area contributed by atoms with Crippen LogP contribution in [-0.2, 0) is 9.31 Å². The Bertz CT molecular complexity index is 1870. The fourth-order valence-electron chi connectivity index (χ4n) is 5.72. The Morgan fingerprint density at radius 2 is 0.923 bits per heavy atom. The van der Waals surface area contributed by atoms with E-state index in [1.807, 2.05) is 0 Å². The standard InChI is InChI=1S/C36H31BO2/c1-35(2)36(3,4)39-37(38-35)30-18-17-26-22-29(16-14-27(26)23-30)32-20-19-31(33-11-7-8-12-34(32)33)28-15-13-24-9-5-6-10-25(24)21-28/h5-23H,1-4H3. The second-order valence-corrected chi connectivity index (χ2v) is 11.7. The molecule has 1 fully saturated rings. The van der Waals surface area contributed by atoms with Gasteiger partial charge in [0.15, 0.2) is 0 Å². The predicted molar refractivity (Wildman–Crippen MR) is 166 cm³/mol. The lowest BCUT2D eigenvalue weighted by atomic mass is 9.78. The molecule has 1 heterocycles. The smallest absolute Gasteiger partial charge is 0.399 e. The Morgan fingerprint density at radius 1 is 0.462 bits per heavy atom. The molecule has 6 aromatic rings. The summed E-state index contributed by atoms with van der Waals surface area (Å²) in [4.78, 5) is 0. The lowest BCUT2D eigenvalue weighted by Gasteiger charge is -2.32. The zero-order chi connectivity index (χ0) is 26.8. The van der Waals surface area contributed by atoms with Crippen molar-refractivity contribution in [3.8, 4) is 22.3 Å². The summed E-state index contributed by atoms with van der Waals surface area (Å²) >= 11 is 0. The van der Waals surface area contributed by atoms with Crippen LogP contribution < -0.4 is 5.46 Å². The molecule has 1 saturated heterocycles. The molecule has 1 aliphatic rings. The molecule has 0 atom stereocenters. The first-order valence-electron chi connectivity index (χ1n) is 13.7. The largest absolute Gasteiger partial charge is 0.494 e.